The lowest BCUT2D eigenvalue weighted by molar-refractivity contribution is -0.560. The van der Waals surface area contributed by atoms with Gasteiger partial charge in [0.1, 0.15) is 0 Å². The molecule has 82 valence electrons. The van der Waals surface area contributed by atoms with E-state index in [2.05, 4.69) is 4.90 Å². The SMILES string of the molecule is CC(C)(CN1CCCCCC1)[N+](=O)[O-]. The van der Waals surface area contributed by atoms with Crippen LogP contribution in [0.4, 0.5) is 0 Å². The summed E-state index contributed by atoms with van der Waals surface area (Å²) < 4.78 is 0. The molecule has 0 saturated carbocycles. The maximum absolute atomic E-state index is 10.8. The van der Waals surface area contributed by atoms with Gasteiger partial charge in [-0.25, -0.2) is 0 Å². The van der Waals surface area contributed by atoms with Crippen LogP contribution in [-0.4, -0.2) is 35.0 Å². The highest BCUT2D eigenvalue weighted by molar-refractivity contribution is 4.74. The van der Waals surface area contributed by atoms with Crippen LogP contribution in [0.2, 0.25) is 0 Å². The standard InChI is InChI=1S/C10H20N2O2/c1-10(2,12(13)14)9-11-7-5-3-4-6-8-11/h3-9H2,1-2H3. The summed E-state index contributed by atoms with van der Waals surface area (Å²) in [4.78, 5) is 12.8. The number of rotatable bonds is 3. The molecule has 0 bridgehead atoms. The van der Waals surface area contributed by atoms with Crippen LogP contribution in [0, 0.1) is 10.1 Å². The molecule has 1 saturated heterocycles. The first-order valence-electron chi connectivity index (χ1n) is 5.39. The Morgan fingerprint density at radius 3 is 2.14 bits per heavy atom. The molecule has 4 heteroatoms. The summed E-state index contributed by atoms with van der Waals surface area (Å²) in [5.41, 5.74) is -0.801. The van der Waals surface area contributed by atoms with E-state index in [1.807, 2.05) is 0 Å². The Balaban J connectivity index is 2.45. The van der Waals surface area contributed by atoms with E-state index < -0.39 is 5.54 Å². The van der Waals surface area contributed by atoms with Crippen LogP contribution in [-0.2, 0) is 0 Å². The third kappa shape index (κ3) is 3.25. The second-order valence-corrected chi connectivity index (χ2v) is 4.76. The highest BCUT2D eigenvalue weighted by atomic mass is 16.6. The zero-order valence-corrected chi connectivity index (χ0v) is 9.16. The van der Waals surface area contributed by atoms with Crippen LogP contribution in [0.5, 0.6) is 0 Å². The summed E-state index contributed by atoms with van der Waals surface area (Å²) in [6.07, 6.45) is 4.92. The van der Waals surface area contributed by atoms with Crippen LogP contribution in [0.25, 0.3) is 0 Å². The topological polar surface area (TPSA) is 46.4 Å². The molecule has 0 amide bonds. The predicted octanol–water partition coefficient (Wildman–Crippen LogP) is 1.92. The van der Waals surface area contributed by atoms with E-state index in [1.165, 1.54) is 25.7 Å². The molecule has 1 aliphatic heterocycles. The van der Waals surface area contributed by atoms with Crippen LogP contribution in [0.1, 0.15) is 39.5 Å². The highest BCUT2D eigenvalue weighted by Crippen LogP contribution is 2.15. The van der Waals surface area contributed by atoms with Gasteiger partial charge in [0.15, 0.2) is 0 Å². The van der Waals surface area contributed by atoms with Crippen LogP contribution in [0.3, 0.4) is 0 Å². The zero-order valence-electron chi connectivity index (χ0n) is 9.16. The lowest BCUT2D eigenvalue weighted by atomic mass is 10.1. The molecule has 0 unspecified atom stereocenters. The zero-order chi connectivity index (χ0) is 10.6. The average molecular weight is 200 g/mol. The van der Waals surface area contributed by atoms with Crippen molar-refractivity contribution in [3.63, 3.8) is 0 Å². The summed E-state index contributed by atoms with van der Waals surface area (Å²) in [5, 5.41) is 10.8. The monoisotopic (exact) mass is 200 g/mol. The van der Waals surface area contributed by atoms with Gasteiger partial charge in [0.2, 0.25) is 5.54 Å². The minimum absolute atomic E-state index is 0.169. The Morgan fingerprint density at radius 1 is 1.21 bits per heavy atom. The molecule has 0 aromatic heterocycles. The van der Waals surface area contributed by atoms with Crippen molar-refractivity contribution in [2.45, 2.75) is 45.1 Å². The number of nitro groups is 1. The second kappa shape index (κ2) is 4.73. The van der Waals surface area contributed by atoms with Gasteiger partial charge in [-0.15, -0.1) is 0 Å². The molecule has 14 heavy (non-hydrogen) atoms. The van der Waals surface area contributed by atoms with E-state index in [9.17, 15) is 10.1 Å². The highest BCUT2D eigenvalue weighted by Gasteiger charge is 2.33. The lowest BCUT2D eigenvalue weighted by Crippen LogP contribution is -2.44. The maximum atomic E-state index is 10.8. The fourth-order valence-electron chi connectivity index (χ4n) is 1.90. The minimum Gasteiger partial charge on any atom is -0.297 e. The number of likely N-dealkylation sites (tertiary alicyclic amines) is 1. The summed E-state index contributed by atoms with van der Waals surface area (Å²) in [5.74, 6) is 0. The van der Waals surface area contributed by atoms with Gasteiger partial charge in [-0.05, 0) is 25.9 Å². The third-order valence-electron chi connectivity index (χ3n) is 2.80. The van der Waals surface area contributed by atoms with Crippen molar-refractivity contribution < 1.29 is 4.92 Å². The van der Waals surface area contributed by atoms with Gasteiger partial charge in [-0.2, -0.15) is 0 Å². The van der Waals surface area contributed by atoms with Crippen LogP contribution >= 0.6 is 0 Å². The quantitative estimate of drug-likeness (QED) is 0.516. The fourth-order valence-corrected chi connectivity index (χ4v) is 1.90. The van der Waals surface area contributed by atoms with Crippen molar-refractivity contribution >= 4 is 0 Å². The molecule has 0 aliphatic carbocycles. The van der Waals surface area contributed by atoms with Crippen molar-refractivity contribution in [2.24, 2.45) is 0 Å². The van der Waals surface area contributed by atoms with Crippen LogP contribution in [0.15, 0.2) is 0 Å². The average Bonchev–Trinajstić information content (AvgIpc) is 2.32. The van der Waals surface area contributed by atoms with Gasteiger partial charge in [-0.1, -0.05) is 12.8 Å². The molecule has 0 aromatic carbocycles. The molecule has 1 rings (SSSR count). The van der Waals surface area contributed by atoms with Crippen molar-refractivity contribution in [3.8, 4) is 0 Å². The Bertz CT molecular complexity index is 196. The molecule has 0 atom stereocenters. The first-order chi connectivity index (χ1) is 6.52. The van der Waals surface area contributed by atoms with E-state index in [1.54, 1.807) is 13.8 Å². The number of hydrogen-bond acceptors (Lipinski definition) is 3. The van der Waals surface area contributed by atoms with Crippen LogP contribution < -0.4 is 0 Å². The normalized spacial score (nSPS) is 20.4. The van der Waals surface area contributed by atoms with E-state index in [-0.39, 0.29) is 4.92 Å². The maximum Gasteiger partial charge on any atom is 0.229 e. The van der Waals surface area contributed by atoms with Gasteiger partial charge in [0, 0.05) is 18.8 Å². The minimum atomic E-state index is -0.801. The predicted molar refractivity (Wildman–Crippen MR) is 56.0 cm³/mol. The Kier molecular flexibility index (Phi) is 3.86. The summed E-state index contributed by atoms with van der Waals surface area (Å²) in [6.45, 7) is 6.05. The number of hydrogen-bond donors (Lipinski definition) is 0. The third-order valence-corrected chi connectivity index (χ3v) is 2.80. The van der Waals surface area contributed by atoms with Crippen molar-refractivity contribution in [3.05, 3.63) is 10.1 Å². The largest absolute Gasteiger partial charge is 0.297 e. The molecule has 0 radical (unpaired) electrons. The summed E-state index contributed by atoms with van der Waals surface area (Å²) >= 11 is 0. The summed E-state index contributed by atoms with van der Waals surface area (Å²) in [7, 11) is 0. The van der Waals surface area contributed by atoms with E-state index in [0.717, 1.165) is 13.1 Å². The molecule has 0 N–H and O–H groups in total. The van der Waals surface area contributed by atoms with E-state index in [0.29, 0.717) is 6.54 Å². The van der Waals surface area contributed by atoms with Gasteiger partial charge < -0.3 is 0 Å². The molecule has 1 heterocycles. The molecule has 1 aliphatic rings. The second-order valence-electron chi connectivity index (χ2n) is 4.76. The number of nitrogens with zero attached hydrogens (tertiary/aromatic N) is 2. The fraction of sp³-hybridized carbons (Fsp3) is 1.00. The molecule has 1 fully saturated rings. The first kappa shape index (κ1) is 11.4. The Labute approximate surface area is 85.4 Å². The lowest BCUT2D eigenvalue weighted by Gasteiger charge is -2.25. The van der Waals surface area contributed by atoms with E-state index >= 15 is 0 Å². The Hall–Kier alpha value is -0.640. The molecule has 0 spiro atoms. The smallest absolute Gasteiger partial charge is 0.229 e. The van der Waals surface area contributed by atoms with Gasteiger partial charge in [0.05, 0.1) is 6.54 Å². The Morgan fingerprint density at radius 2 is 1.71 bits per heavy atom. The molecular weight excluding hydrogens is 180 g/mol. The van der Waals surface area contributed by atoms with Crippen molar-refractivity contribution in [1.82, 2.24) is 4.90 Å². The summed E-state index contributed by atoms with van der Waals surface area (Å²) in [6, 6.07) is 0. The van der Waals surface area contributed by atoms with Gasteiger partial charge in [-0.3, -0.25) is 15.0 Å². The van der Waals surface area contributed by atoms with Gasteiger partial charge in [0.25, 0.3) is 0 Å². The molecular formula is C10H20N2O2. The molecule has 4 nitrogen and oxygen atoms in total. The first-order valence-corrected chi connectivity index (χ1v) is 5.39. The molecule has 0 aromatic rings. The van der Waals surface area contributed by atoms with Crippen molar-refractivity contribution in [1.29, 1.82) is 0 Å². The van der Waals surface area contributed by atoms with Gasteiger partial charge >= 0.3 is 0 Å². The van der Waals surface area contributed by atoms with Crippen molar-refractivity contribution in [2.75, 3.05) is 19.6 Å². The van der Waals surface area contributed by atoms with E-state index in [4.69, 9.17) is 0 Å².